The molecular weight excluding hydrogens is 240 g/mol. The van der Waals surface area contributed by atoms with E-state index in [4.69, 9.17) is 0 Å². The van der Waals surface area contributed by atoms with Gasteiger partial charge in [0.05, 0.1) is 11.2 Å². The summed E-state index contributed by atoms with van der Waals surface area (Å²) >= 11 is 3.48. The first kappa shape index (κ1) is 9.71. The minimum atomic E-state index is 0.410. The van der Waals surface area contributed by atoms with Crippen molar-refractivity contribution in [3.63, 3.8) is 0 Å². The first-order valence-electron chi connectivity index (χ1n) is 4.74. The van der Waals surface area contributed by atoms with Crippen LogP contribution in [0.4, 0.5) is 0 Å². The van der Waals surface area contributed by atoms with E-state index in [0.717, 1.165) is 10.2 Å². The molecule has 0 unspecified atom stereocenters. The Morgan fingerprint density at radius 3 is 2.71 bits per heavy atom. The molecule has 3 heteroatoms. The van der Waals surface area contributed by atoms with Crippen molar-refractivity contribution in [2.75, 3.05) is 0 Å². The summed E-state index contributed by atoms with van der Waals surface area (Å²) in [5.74, 6) is 0. The van der Waals surface area contributed by atoms with Crippen molar-refractivity contribution in [3.8, 4) is 0 Å². The third-order valence-corrected chi connectivity index (χ3v) is 2.84. The molecule has 0 fully saturated rings. The Labute approximate surface area is 92.0 Å². The first-order valence-corrected chi connectivity index (χ1v) is 5.53. The molecule has 1 heterocycles. The van der Waals surface area contributed by atoms with Crippen molar-refractivity contribution in [3.05, 3.63) is 28.4 Å². The summed E-state index contributed by atoms with van der Waals surface area (Å²) in [6, 6.07) is 6.70. The Hall–Kier alpha value is -0.830. The molecule has 0 atom stereocenters. The van der Waals surface area contributed by atoms with E-state index in [-0.39, 0.29) is 0 Å². The van der Waals surface area contributed by atoms with Crippen LogP contribution in [0.15, 0.2) is 22.7 Å². The molecule has 0 aliphatic rings. The van der Waals surface area contributed by atoms with Crippen molar-refractivity contribution in [1.29, 1.82) is 0 Å². The SMILES string of the molecule is Cc1nn(C(C)C)c2ccc(Br)cc12. The van der Waals surface area contributed by atoms with Gasteiger partial charge in [-0.1, -0.05) is 15.9 Å². The average Bonchev–Trinajstić information content (AvgIpc) is 2.44. The van der Waals surface area contributed by atoms with Gasteiger partial charge in [-0.25, -0.2) is 0 Å². The maximum atomic E-state index is 4.53. The number of nitrogens with zero attached hydrogens (tertiary/aromatic N) is 2. The molecule has 1 aromatic carbocycles. The van der Waals surface area contributed by atoms with Gasteiger partial charge >= 0.3 is 0 Å². The average molecular weight is 253 g/mol. The second-order valence-electron chi connectivity index (χ2n) is 3.79. The molecule has 0 N–H and O–H groups in total. The zero-order chi connectivity index (χ0) is 10.3. The van der Waals surface area contributed by atoms with Gasteiger partial charge in [-0.05, 0) is 39.0 Å². The van der Waals surface area contributed by atoms with Gasteiger partial charge in [0, 0.05) is 15.9 Å². The summed E-state index contributed by atoms with van der Waals surface area (Å²) in [5, 5.41) is 5.76. The Morgan fingerprint density at radius 2 is 2.07 bits per heavy atom. The van der Waals surface area contributed by atoms with Gasteiger partial charge in [-0.3, -0.25) is 4.68 Å². The Morgan fingerprint density at radius 1 is 1.36 bits per heavy atom. The lowest BCUT2D eigenvalue weighted by Crippen LogP contribution is -2.02. The van der Waals surface area contributed by atoms with Crippen LogP contribution in [-0.4, -0.2) is 9.78 Å². The molecule has 1 aromatic heterocycles. The van der Waals surface area contributed by atoms with Crippen LogP contribution in [-0.2, 0) is 0 Å². The van der Waals surface area contributed by atoms with Crippen LogP contribution in [0.2, 0.25) is 0 Å². The highest BCUT2D eigenvalue weighted by Gasteiger charge is 2.09. The lowest BCUT2D eigenvalue weighted by Gasteiger charge is -2.06. The largest absolute Gasteiger partial charge is 0.262 e. The molecule has 2 nitrogen and oxygen atoms in total. The highest BCUT2D eigenvalue weighted by atomic mass is 79.9. The molecule has 2 aromatic rings. The summed E-state index contributed by atoms with van der Waals surface area (Å²) in [6.45, 7) is 6.34. The number of benzene rings is 1. The van der Waals surface area contributed by atoms with Gasteiger partial charge in [-0.2, -0.15) is 5.10 Å². The fraction of sp³-hybridized carbons (Fsp3) is 0.364. The Kier molecular flexibility index (Phi) is 2.35. The monoisotopic (exact) mass is 252 g/mol. The topological polar surface area (TPSA) is 17.8 Å². The van der Waals surface area contributed by atoms with Crippen LogP contribution in [0.25, 0.3) is 10.9 Å². The van der Waals surface area contributed by atoms with E-state index in [1.165, 1.54) is 10.9 Å². The zero-order valence-corrected chi connectivity index (χ0v) is 10.2. The number of fused-ring (bicyclic) bond motifs is 1. The van der Waals surface area contributed by atoms with Crippen LogP contribution in [0.5, 0.6) is 0 Å². The van der Waals surface area contributed by atoms with Crippen molar-refractivity contribution >= 4 is 26.8 Å². The van der Waals surface area contributed by atoms with Crippen LogP contribution in [0, 0.1) is 6.92 Å². The number of hydrogen-bond donors (Lipinski definition) is 0. The molecule has 0 spiro atoms. The maximum absolute atomic E-state index is 4.53. The summed E-state index contributed by atoms with van der Waals surface area (Å²) in [6.07, 6.45) is 0. The lowest BCUT2D eigenvalue weighted by molar-refractivity contribution is 0.547. The molecule has 2 rings (SSSR count). The summed E-state index contributed by atoms with van der Waals surface area (Å²) in [4.78, 5) is 0. The van der Waals surface area contributed by atoms with Crippen LogP contribution >= 0.6 is 15.9 Å². The van der Waals surface area contributed by atoms with E-state index in [1.54, 1.807) is 0 Å². The summed E-state index contributed by atoms with van der Waals surface area (Å²) < 4.78 is 3.17. The van der Waals surface area contributed by atoms with Crippen LogP contribution in [0.1, 0.15) is 25.6 Å². The number of hydrogen-bond acceptors (Lipinski definition) is 1. The molecule has 74 valence electrons. The van der Waals surface area contributed by atoms with Gasteiger partial charge in [0.2, 0.25) is 0 Å². The highest BCUT2D eigenvalue weighted by molar-refractivity contribution is 9.10. The fourth-order valence-electron chi connectivity index (χ4n) is 1.66. The minimum Gasteiger partial charge on any atom is -0.262 e. The molecule has 0 radical (unpaired) electrons. The smallest absolute Gasteiger partial charge is 0.0689 e. The molecule has 0 amide bonds. The van der Waals surface area contributed by atoms with Crippen molar-refractivity contribution in [1.82, 2.24) is 9.78 Å². The second-order valence-corrected chi connectivity index (χ2v) is 4.70. The normalized spacial score (nSPS) is 11.5. The van der Waals surface area contributed by atoms with Crippen LogP contribution in [0.3, 0.4) is 0 Å². The van der Waals surface area contributed by atoms with Crippen molar-refractivity contribution < 1.29 is 0 Å². The lowest BCUT2D eigenvalue weighted by atomic mass is 10.2. The van der Waals surface area contributed by atoms with E-state index in [1.807, 2.05) is 6.92 Å². The van der Waals surface area contributed by atoms with E-state index in [9.17, 15) is 0 Å². The molecule has 0 aliphatic carbocycles. The molecule has 0 saturated carbocycles. The number of aryl methyl sites for hydroxylation is 1. The minimum absolute atomic E-state index is 0.410. The fourth-order valence-corrected chi connectivity index (χ4v) is 2.02. The molecule has 14 heavy (non-hydrogen) atoms. The van der Waals surface area contributed by atoms with Crippen LogP contribution < -0.4 is 0 Å². The summed E-state index contributed by atoms with van der Waals surface area (Å²) in [5.41, 5.74) is 2.30. The third kappa shape index (κ3) is 1.46. The number of aromatic nitrogens is 2. The molecule has 0 bridgehead atoms. The van der Waals surface area contributed by atoms with E-state index < -0.39 is 0 Å². The van der Waals surface area contributed by atoms with Gasteiger partial charge in [0.25, 0.3) is 0 Å². The first-order chi connectivity index (χ1) is 6.59. The van der Waals surface area contributed by atoms with Gasteiger partial charge < -0.3 is 0 Å². The number of halogens is 1. The van der Waals surface area contributed by atoms with E-state index >= 15 is 0 Å². The van der Waals surface area contributed by atoms with E-state index in [0.29, 0.717) is 6.04 Å². The molecule has 0 aliphatic heterocycles. The quantitative estimate of drug-likeness (QED) is 0.757. The molecular formula is C11H13BrN2. The van der Waals surface area contributed by atoms with Gasteiger partial charge in [-0.15, -0.1) is 0 Å². The maximum Gasteiger partial charge on any atom is 0.0689 e. The van der Waals surface area contributed by atoms with Crippen molar-refractivity contribution in [2.24, 2.45) is 0 Å². The van der Waals surface area contributed by atoms with Gasteiger partial charge in [0.15, 0.2) is 0 Å². The second kappa shape index (κ2) is 3.39. The predicted octanol–water partition coefficient (Wildman–Crippen LogP) is 3.69. The van der Waals surface area contributed by atoms with Crippen molar-refractivity contribution in [2.45, 2.75) is 26.8 Å². The Balaban J connectivity index is 2.77. The zero-order valence-electron chi connectivity index (χ0n) is 8.58. The van der Waals surface area contributed by atoms with Gasteiger partial charge in [0.1, 0.15) is 0 Å². The summed E-state index contributed by atoms with van der Waals surface area (Å²) in [7, 11) is 0. The highest BCUT2D eigenvalue weighted by Crippen LogP contribution is 2.24. The molecule has 0 saturated heterocycles. The Bertz CT molecular complexity index is 471. The number of rotatable bonds is 1. The van der Waals surface area contributed by atoms with E-state index in [2.05, 4.69) is 57.8 Å². The predicted molar refractivity (Wildman–Crippen MR) is 62.6 cm³/mol. The third-order valence-electron chi connectivity index (χ3n) is 2.34. The standard InChI is InChI=1S/C11H13BrN2/c1-7(2)14-11-5-4-9(12)6-10(11)8(3)13-14/h4-7H,1-3H3.